The van der Waals surface area contributed by atoms with E-state index in [1.807, 2.05) is 0 Å². The van der Waals surface area contributed by atoms with E-state index in [1.54, 1.807) is 19.1 Å². The summed E-state index contributed by atoms with van der Waals surface area (Å²) < 4.78 is 42.6. The van der Waals surface area contributed by atoms with Gasteiger partial charge in [0.2, 0.25) is 15.9 Å². The van der Waals surface area contributed by atoms with E-state index in [2.05, 4.69) is 20.8 Å². The number of hydrogen-bond acceptors (Lipinski definition) is 6. The average molecular weight is 459 g/mol. The Balaban J connectivity index is 1.44. The van der Waals surface area contributed by atoms with Gasteiger partial charge in [0, 0.05) is 13.1 Å². The van der Waals surface area contributed by atoms with Crippen LogP contribution in [0.2, 0.25) is 0 Å². The third-order valence-corrected chi connectivity index (χ3v) is 7.25. The predicted octanol–water partition coefficient (Wildman–Crippen LogP) is 2.47. The highest BCUT2D eigenvalue weighted by Crippen LogP contribution is 2.22. The van der Waals surface area contributed by atoms with Crippen LogP contribution in [0.25, 0.3) is 5.69 Å². The second-order valence-corrected chi connectivity index (χ2v) is 9.57. The number of benzene rings is 2. The van der Waals surface area contributed by atoms with Crippen LogP contribution in [-0.4, -0.2) is 51.9 Å². The van der Waals surface area contributed by atoms with Gasteiger partial charge in [-0.3, -0.25) is 4.79 Å². The highest BCUT2D eigenvalue weighted by Gasteiger charge is 2.25. The number of nitrogens with one attached hydrogen (secondary N) is 1. The summed E-state index contributed by atoms with van der Waals surface area (Å²) in [6.07, 6.45) is 2.74. The maximum atomic E-state index is 14.2. The predicted molar refractivity (Wildman–Crippen MR) is 115 cm³/mol. The molecule has 1 aliphatic heterocycles. The number of carbonyl (C=O) groups is 1. The van der Waals surface area contributed by atoms with Gasteiger partial charge < -0.3 is 5.32 Å². The lowest BCUT2D eigenvalue weighted by atomic mass is 10.1. The molecule has 0 spiro atoms. The maximum absolute atomic E-state index is 14.2. The van der Waals surface area contributed by atoms with Gasteiger partial charge in [0.05, 0.1) is 22.7 Å². The zero-order valence-electron chi connectivity index (χ0n) is 17.5. The van der Waals surface area contributed by atoms with Crippen molar-refractivity contribution in [2.24, 2.45) is 0 Å². The summed E-state index contributed by atoms with van der Waals surface area (Å²) in [5.41, 5.74) is 1.14. The molecule has 11 heteroatoms. The third-order valence-electron chi connectivity index (χ3n) is 5.33. The second-order valence-electron chi connectivity index (χ2n) is 7.64. The number of nitrogens with zero attached hydrogens (tertiary/aromatic N) is 5. The van der Waals surface area contributed by atoms with Crippen LogP contribution in [0.1, 0.15) is 30.7 Å². The van der Waals surface area contributed by atoms with E-state index in [-0.39, 0.29) is 17.0 Å². The van der Waals surface area contributed by atoms with Crippen LogP contribution in [0.5, 0.6) is 0 Å². The summed E-state index contributed by atoms with van der Waals surface area (Å²) in [4.78, 5) is 12.7. The maximum Gasteiger partial charge on any atom is 0.243 e. The number of halogens is 1. The molecule has 2 aromatic carbocycles. The van der Waals surface area contributed by atoms with Crippen LogP contribution in [0.4, 0.5) is 10.1 Å². The first-order chi connectivity index (χ1) is 15.3. The number of amides is 1. The molecule has 3 aromatic rings. The molecule has 1 saturated heterocycles. The van der Waals surface area contributed by atoms with E-state index >= 15 is 0 Å². The van der Waals surface area contributed by atoms with Gasteiger partial charge in [0.15, 0.2) is 5.82 Å². The third kappa shape index (κ3) is 4.68. The van der Waals surface area contributed by atoms with Crippen LogP contribution in [0, 0.1) is 12.7 Å². The molecule has 1 fully saturated rings. The minimum Gasteiger partial charge on any atom is -0.323 e. The van der Waals surface area contributed by atoms with Crippen LogP contribution in [0.15, 0.2) is 47.4 Å². The summed E-state index contributed by atoms with van der Waals surface area (Å²) in [6, 6.07) is 10.4. The van der Waals surface area contributed by atoms with Crippen molar-refractivity contribution < 1.29 is 17.6 Å². The zero-order chi connectivity index (χ0) is 22.7. The largest absolute Gasteiger partial charge is 0.323 e. The molecule has 4 rings (SSSR count). The van der Waals surface area contributed by atoms with Crippen molar-refractivity contribution in [3.63, 3.8) is 0 Å². The van der Waals surface area contributed by atoms with Gasteiger partial charge in [-0.25, -0.2) is 12.8 Å². The highest BCUT2D eigenvalue weighted by molar-refractivity contribution is 7.89. The number of aromatic nitrogens is 4. The lowest BCUT2D eigenvalue weighted by molar-refractivity contribution is -0.115. The normalized spacial score (nSPS) is 14.9. The van der Waals surface area contributed by atoms with E-state index in [1.165, 1.54) is 39.3 Å². The summed E-state index contributed by atoms with van der Waals surface area (Å²) >= 11 is 0. The lowest BCUT2D eigenvalue weighted by Crippen LogP contribution is -2.35. The van der Waals surface area contributed by atoms with Crippen LogP contribution in [0.3, 0.4) is 0 Å². The molecular weight excluding hydrogens is 435 g/mol. The zero-order valence-corrected chi connectivity index (χ0v) is 18.3. The summed E-state index contributed by atoms with van der Waals surface area (Å²) in [6.45, 7) is 2.76. The Labute approximate surface area is 185 Å². The van der Waals surface area contributed by atoms with Gasteiger partial charge in [0.1, 0.15) is 5.82 Å². The second kappa shape index (κ2) is 9.13. The first kappa shape index (κ1) is 22.0. The number of aryl methyl sites for hydroxylation is 1. The fraction of sp³-hybridized carbons (Fsp3) is 0.333. The quantitative estimate of drug-likeness (QED) is 0.608. The van der Waals surface area contributed by atoms with Crippen LogP contribution < -0.4 is 5.32 Å². The van der Waals surface area contributed by atoms with Gasteiger partial charge >= 0.3 is 0 Å². The molecule has 0 bridgehead atoms. The number of carbonyl (C=O) groups excluding carboxylic acids is 1. The van der Waals surface area contributed by atoms with Crippen molar-refractivity contribution in [1.29, 1.82) is 0 Å². The molecular formula is C21H23FN6O3S. The number of sulfonamides is 1. The van der Waals surface area contributed by atoms with E-state index in [4.69, 9.17) is 0 Å². The first-order valence-electron chi connectivity index (χ1n) is 10.3. The topological polar surface area (TPSA) is 110 Å². The molecule has 1 aromatic heterocycles. The van der Waals surface area contributed by atoms with Crippen LogP contribution in [-0.2, 0) is 21.2 Å². The van der Waals surface area contributed by atoms with Gasteiger partial charge in [0.25, 0.3) is 0 Å². The molecule has 1 aliphatic rings. The Hall–Kier alpha value is -3.18. The molecule has 32 heavy (non-hydrogen) atoms. The number of piperidine rings is 1. The van der Waals surface area contributed by atoms with Crippen molar-refractivity contribution in [1.82, 2.24) is 24.5 Å². The average Bonchev–Trinajstić information content (AvgIpc) is 3.22. The van der Waals surface area contributed by atoms with E-state index < -0.39 is 21.7 Å². The van der Waals surface area contributed by atoms with E-state index in [9.17, 15) is 17.6 Å². The molecule has 2 heterocycles. The SMILES string of the molecule is Cc1nnnn1-c1ccc(F)c(NC(=O)Cc2ccc(S(=O)(=O)N3CCCCC3)cc2)c1. The van der Waals surface area contributed by atoms with Gasteiger partial charge in [-0.1, -0.05) is 18.6 Å². The number of anilines is 1. The van der Waals surface area contributed by atoms with Crippen molar-refractivity contribution in [2.75, 3.05) is 18.4 Å². The lowest BCUT2D eigenvalue weighted by Gasteiger charge is -2.25. The van der Waals surface area contributed by atoms with E-state index in [0.29, 0.717) is 30.2 Å². The van der Waals surface area contributed by atoms with Crippen molar-refractivity contribution in [2.45, 2.75) is 37.5 Å². The molecule has 0 saturated carbocycles. The van der Waals surface area contributed by atoms with Gasteiger partial charge in [-0.15, -0.1) is 5.10 Å². The number of tetrazole rings is 1. The molecule has 9 nitrogen and oxygen atoms in total. The summed E-state index contributed by atoms with van der Waals surface area (Å²) in [5, 5.41) is 13.7. The Morgan fingerprint density at radius 1 is 1.09 bits per heavy atom. The summed E-state index contributed by atoms with van der Waals surface area (Å²) in [7, 11) is -3.53. The molecule has 1 N–H and O–H groups in total. The standard InChI is InChI=1S/C21H23FN6O3S/c1-15-24-25-26-28(15)17-7-10-19(22)20(14-17)23-21(29)13-16-5-8-18(9-6-16)32(30,31)27-11-3-2-4-12-27/h5-10,14H,2-4,11-13H2,1H3,(H,23,29). The Bertz CT molecular complexity index is 1220. The monoisotopic (exact) mass is 458 g/mol. The van der Waals surface area contributed by atoms with Crippen molar-refractivity contribution in [3.05, 3.63) is 59.7 Å². The van der Waals surface area contributed by atoms with E-state index in [0.717, 1.165) is 19.3 Å². The first-order valence-corrected chi connectivity index (χ1v) is 11.7. The number of rotatable bonds is 6. The molecule has 168 valence electrons. The smallest absolute Gasteiger partial charge is 0.243 e. The van der Waals surface area contributed by atoms with Gasteiger partial charge in [-0.2, -0.15) is 8.99 Å². The fourth-order valence-corrected chi connectivity index (χ4v) is 5.14. The van der Waals surface area contributed by atoms with Gasteiger partial charge in [-0.05, 0) is 66.1 Å². The Morgan fingerprint density at radius 3 is 2.47 bits per heavy atom. The molecule has 0 radical (unpaired) electrons. The van der Waals surface area contributed by atoms with Crippen LogP contribution >= 0.6 is 0 Å². The Kier molecular flexibility index (Phi) is 6.28. The minimum atomic E-state index is -3.53. The molecule has 0 aliphatic carbocycles. The van der Waals surface area contributed by atoms with Crippen molar-refractivity contribution >= 4 is 21.6 Å². The fourth-order valence-electron chi connectivity index (χ4n) is 3.62. The van der Waals surface area contributed by atoms with Crippen molar-refractivity contribution in [3.8, 4) is 5.69 Å². The molecule has 0 atom stereocenters. The Morgan fingerprint density at radius 2 is 1.81 bits per heavy atom. The number of hydrogen-bond donors (Lipinski definition) is 1. The summed E-state index contributed by atoms with van der Waals surface area (Å²) in [5.74, 6) is -0.495. The molecule has 1 amide bonds. The molecule has 0 unspecified atom stereocenters. The highest BCUT2D eigenvalue weighted by atomic mass is 32.2. The minimum absolute atomic E-state index is 0.00620.